The molecule has 1 fully saturated rings. The lowest BCUT2D eigenvalue weighted by Gasteiger charge is -2.41. The van der Waals surface area contributed by atoms with Crippen LogP contribution in [0.2, 0.25) is 0 Å². The van der Waals surface area contributed by atoms with E-state index in [9.17, 15) is 4.79 Å². The number of aryl methyl sites for hydroxylation is 1. The first-order valence-corrected chi connectivity index (χ1v) is 8.45. The second-order valence-corrected chi connectivity index (χ2v) is 6.92. The maximum absolute atomic E-state index is 12.8. The van der Waals surface area contributed by atoms with Crippen molar-refractivity contribution in [1.29, 1.82) is 0 Å². The topological polar surface area (TPSA) is 54.5 Å². The van der Waals surface area contributed by atoms with E-state index in [1.54, 1.807) is 6.20 Å². The van der Waals surface area contributed by atoms with Crippen molar-refractivity contribution in [3.63, 3.8) is 0 Å². The maximum atomic E-state index is 12.8. The van der Waals surface area contributed by atoms with Crippen molar-refractivity contribution in [3.8, 4) is 0 Å². The lowest BCUT2D eigenvalue weighted by Crippen LogP contribution is -2.56. The fourth-order valence-electron chi connectivity index (χ4n) is 3.32. The number of rotatable bonds is 5. The van der Waals surface area contributed by atoms with Crippen LogP contribution in [0.4, 0.5) is 0 Å². The van der Waals surface area contributed by atoms with E-state index in [0.717, 1.165) is 24.2 Å². The number of nitrogens with one attached hydrogen (secondary N) is 1. The molecule has 0 radical (unpaired) electrons. The number of hydrogen-bond acceptors (Lipinski definition) is 4. The van der Waals surface area contributed by atoms with Crippen molar-refractivity contribution >= 4 is 5.91 Å². The molecule has 0 spiro atoms. The van der Waals surface area contributed by atoms with E-state index in [0.29, 0.717) is 6.54 Å². The number of hydrogen-bond donors (Lipinski definition) is 1. The molecule has 1 aromatic rings. The van der Waals surface area contributed by atoms with Gasteiger partial charge in [0.05, 0.1) is 18.2 Å². The Morgan fingerprint density at radius 2 is 2.04 bits per heavy atom. The van der Waals surface area contributed by atoms with Gasteiger partial charge in [-0.1, -0.05) is 13.8 Å². The molecule has 1 aliphatic heterocycles. The van der Waals surface area contributed by atoms with Crippen LogP contribution in [0.5, 0.6) is 0 Å². The summed E-state index contributed by atoms with van der Waals surface area (Å²) < 4.78 is 5.79. The average Bonchev–Trinajstić information content (AvgIpc) is 2.45. The van der Waals surface area contributed by atoms with E-state index in [2.05, 4.69) is 42.9 Å². The van der Waals surface area contributed by atoms with E-state index in [-0.39, 0.29) is 30.1 Å². The SMILES string of the molecule is Cc1cnccc1CNC(=O)C(C(C)C)N1CC(C)OC(C)C1. The van der Waals surface area contributed by atoms with Crippen LogP contribution in [0.1, 0.15) is 38.8 Å². The molecule has 5 nitrogen and oxygen atoms in total. The first-order valence-electron chi connectivity index (χ1n) is 8.45. The molecule has 1 N–H and O–H groups in total. The molecule has 5 heteroatoms. The van der Waals surface area contributed by atoms with Gasteiger partial charge in [0, 0.05) is 32.0 Å². The first kappa shape index (κ1) is 17.9. The predicted octanol–water partition coefficient (Wildman–Crippen LogP) is 2.14. The van der Waals surface area contributed by atoms with Gasteiger partial charge >= 0.3 is 0 Å². The predicted molar refractivity (Wildman–Crippen MR) is 91.0 cm³/mol. The molecule has 1 saturated heterocycles. The minimum absolute atomic E-state index is 0.0949. The van der Waals surface area contributed by atoms with Gasteiger partial charge in [0.25, 0.3) is 0 Å². The normalized spacial score (nSPS) is 23.7. The molecule has 0 aliphatic carbocycles. The fourth-order valence-corrected chi connectivity index (χ4v) is 3.32. The number of carbonyl (C=O) groups is 1. The van der Waals surface area contributed by atoms with E-state index in [1.165, 1.54) is 0 Å². The zero-order valence-corrected chi connectivity index (χ0v) is 14.9. The second kappa shape index (κ2) is 7.88. The van der Waals surface area contributed by atoms with E-state index >= 15 is 0 Å². The van der Waals surface area contributed by atoms with Gasteiger partial charge in [-0.15, -0.1) is 0 Å². The van der Waals surface area contributed by atoms with Gasteiger partial charge < -0.3 is 10.1 Å². The molecule has 1 aliphatic rings. The van der Waals surface area contributed by atoms with Gasteiger partial charge in [-0.25, -0.2) is 0 Å². The summed E-state index contributed by atoms with van der Waals surface area (Å²) in [6, 6.07) is 1.84. The zero-order valence-electron chi connectivity index (χ0n) is 14.9. The van der Waals surface area contributed by atoms with Crippen molar-refractivity contribution in [2.24, 2.45) is 5.92 Å². The van der Waals surface area contributed by atoms with Gasteiger partial charge in [-0.05, 0) is 43.9 Å². The molecule has 0 bridgehead atoms. The molecule has 2 heterocycles. The number of pyridine rings is 1. The zero-order chi connectivity index (χ0) is 17.0. The van der Waals surface area contributed by atoms with Crippen molar-refractivity contribution in [2.45, 2.75) is 59.4 Å². The fraction of sp³-hybridized carbons (Fsp3) is 0.667. The van der Waals surface area contributed by atoms with Crippen LogP contribution >= 0.6 is 0 Å². The molecule has 1 aromatic heterocycles. The lowest BCUT2D eigenvalue weighted by atomic mass is 9.99. The number of ether oxygens (including phenoxy) is 1. The number of amides is 1. The molecule has 2 rings (SSSR count). The lowest BCUT2D eigenvalue weighted by molar-refractivity contribution is -0.135. The Balaban J connectivity index is 2.02. The summed E-state index contributed by atoms with van der Waals surface area (Å²) in [5.74, 6) is 0.351. The number of nitrogens with zero attached hydrogens (tertiary/aromatic N) is 2. The number of carbonyl (C=O) groups excluding carboxylic acids is 1. The Kier molecular flexibility index (Phi) is 6.13. The molecule has 3 unspecified atom stereocenters. The number of aromatic nitrogens is 1. The van der Waals surface area contributed by atoms with Crippen LogP contribution in [0, 0.1) is 12.8 Å². The highest BCUT2D eigenvalue weighted by Crippen LogP contribution is 2.19. The van der Waals surface area contributed by atoms with E-state index < -0.39 is 0 Å². The third kappa shape index (κ3) is 4.75. The highest BCUT2D eigenvalue weighted by Gasteiger charge is 2.33. The highest BCUT2D eigenvalue weighted by molar-refractivity contribution is 5.82. The van der Waals surface area contributed by atoms with Crippen LogP contribution in [0.15, 0.2) is 18.5 Å². The summed E-state index contributed by atoms with van der Waals surface area (Å²) in [6.45, 7) is 12.5. The Labute approximate surface area is 139 Å². The molecule has 0 aromatic carbocycles. The van der Waals surface area contributed by atoms with Crippen molar-refractivity contribution < 1.29 is 9.53 Å². The van der Waals surface area contributed by atoms with Crippen LogP contribution in [-0.4, -0.2) is 47.1 Å². The minimum Gasteiger partial charge on any atom is -0.373 e. The van der Waals surface area contributed by atoms with Crippen molar-refractivity contribution in [2.75, 3.05) is 13.1 Å². The molecular weight excluding hydrogens is 290 g/mol. The van der Waals surface area contributed by atoms with Crippen LogP contribution in [0.25, 0.3) is 0 Å². The van der Waals surface area contributed by atoms with Gasteiger partial charge in [0.2, 0.25) is 5.91 Å². The van der Waals surface area contributed by atoms with Gasteiger partial charge in [-0.3, -0.25) is 14.7 Å². The maximum Gasteiger partial charge on any atom is 0.237 e. The molecule has 0 saturated carbocycles. The Morgan fingerprint density at radius 1 is 1.39 bits per heavy atom. The standard InChI is InChI=1S/C18H29N3O2/c1-12(2)17(21-10-14(4)23-15(5)11-21)18(22)20-9-16-6-7-19-8-13(16)3/h6-8,12,14-15,17H,9-11H2,1-5H3,(H,20,22). The van der Waals surface area contributed by atoms with Crippen molar-refractivity contribution in [1.82, 2.24) is 15.2 Å². The molecule has 3 atom stereocenters. The summed E-state index contributed by atoms with van der Waals surface area (Å²) in [4.78, 5) is 19.1. The highest BCUT2D eigenvalue weighted by atomic mass is 16.5. The van der Waals surface area contributed by atoms with Gasteiger partial charge in [0.15, 0.2) is 0 Å². The summed E-state index contributed by atoms with van der Waals surface area (Å²) in [5, 5.41) is 3.10. The quantitative estimate of drug-likeness (QED) is 0.903. The van der Waals surface area contributed by atoms with Crippen molar-refractivity contribution in [3.05, 3.63) is 29.6 Å². The molecule has 23 heavy (non-hydrogen) atoms. The average molecular weight is 319 g/mol. The van der Waals surface area contributed by atoms with Gasteiger partial charge in [-0.2, -0.15) is 0 Å². The van der Waals surface area contributed by atoms with Crippen LogP contribution < -0.4 is 5.32 Å². The molecule has 128 valence electrons. The van der Waals surface area contributed by atoms with Gasteiger partial charge in [0.1, 0.15) is 0 Å². The summed E-state index contributed by atoms with van der Waals surface area (Å²) in [6.07, 6.45) is 3.91. The molecular formula is C18H29N3O2. The van der Waals surface area contributed by atoms with Crippen LogP contribution in [-0.2, 0) is 16.1 Å². The van der Waals surface area contributed by atoms with Crippen LogP contribution in [0.3, 0.4) is 0 Å². The largest absolute Gasteiger partial charge is 0.373 e. The summed E-state index contributed by atoms with van der Waals surface area (Å²) in [7, 11) is 0. The second-order valence-electron chi connectivity index (χ2n) is 6.92. The monoisotopic (exact) mass is 319 g/mol. The summed E-state index contributed by atoms with van der Waals surface area (Å²) >= 11 is 0. The minimum atomic E-state index is -0.119. The van der Waals surface area contributed by atoms with E-state index in [1.807, 2.05) is 19.2 Å². The number of morpholine rings is 1. The first-order chi connectivity index (χ1) is 10.9. The Hall–Kier alpha value is -1.46. The third-order valence-electron chi connectivity index (χ3n) is 4.33. The smallest absolute Gasteiger partial charge is 0.237 e. The Bertz CT molecular complexity index is 523. The van der Waals surface area contributed by atoms with E-state index in [4.69, 9.17) is 4.74 Å². The molecule has 1 amide bonds. The third-order valence-corrected chi connectivity index (χ3v) is 4.33. The Morgan fingerprint density at radius 3 is 2.61 bits per heavy atom. The summed E-state index contributed by atoms with van der Waals surface area (Å²) in [5.41, 5.74) is 2.21.